The standard InChI is InChI=1S/C24H25N3O4/c1-30-20-10-8-17(9-11-20)23(28)18-12-14-26(15-13-18)24(29)22-21(31-2)16-27(25-22)19-6-4-3-5-7-19/h3-11,16,18H,12-15H2,1-2H3. The molecule has 1 saturated heterocycles. The summed E-state index contributed by atoms with van der Waals surface area (Å²) in [5.41, 5.74) is 1.81. The van der Waals surface area contributed by atoms with Crippen LogP contribution in [0.15, 0.2) is 60.8 Å². The molecule has 0 N–H and O–H groups in total. The topological polar surface area (TPSA) is 73.7 Å². The van der Waals surface area contributed by atoms with Crippen molar-refractivity contribution in [2.45, 2.75) is 12.8 Å². The molecule has 160 valence electrons. The van der Waals surface area contributed by atoms with E-state index >= 15 is 0 Å². The second kappa shape index (κ2) is 9.04. The van der Waals surface area contributed by atoms with E-state index in [2.05, 4.69) is 5.10 Å². The van der Waals surface area contributed by atoms with Crippen LogP contribution in [0, 0.1) is 5.92 Å². The zero-order valence-corrected chi connectivity index (χ0v) is 17.7. The van der Waals surface area contributed by atoms with Gasteiger partial charge in [-0.25, -0.2) is 4.68 Å². The van der Waals surface area contributed by atoms with E-state index < -0.39 is 0 Å². The van der Waals surface area contributed by atoms with Crippen LogP contribution < -0.4 is 9.47 Å². The smallest absolute Gasteiger partial charge is 0.278 e. The number of aromatic nitrogens is 2. The van der Waals surface area contributed by atoms with Crippen molar-refractivity contribution >= 4 is 11.7 Å². The molecular weight excluding hydrogens is 394 g/mol. The van der Waals surface area contributed by atoms with Crippen LogP contribution in [0.3, 0.4) is 0 Å². The monoisotopic (exact) mass is 419 g/mol. The number of piperidine rings is 1. The minimum Gasteiger partial charge on any atom is -0.497 e. The van der Waals surface area contributed by atoms with Crippen LogP contribution in [0.1, 0.15) is 33.7 Å². The maximum Gasteiger partial charge on any atom is 0.278 e. The number of likely N-dealkylation sites (tertiary alicyclic amines) is 1. The van der Waals surface area contributed by atoms with Crippen LogP contribution in [0.2, 0.25) is 0 Å². The van der Waals surface area contributed by atoms with Gasteiger partial charge in [-0.05, 0) is 49.2 Å². The number of methoxy groups -OCH3 is 2. The van der Waals surface area contributed by atoms with Gasteiger partial charge in [-0.3, -0.25) is 9.59 Å². The van der Waals surface area contributed by atoms with Gasteiger partial charge in [0.2, 0.25) is 0 Å². The summed E-state index contributed by atoms with van der Waals surface area (Å²) in [4.78, 5) is 27.7. The highest BCUT2D eigenvalue weighted by atomic mass is 16.5. The van der Waals surface area contributed by atoms with Gasteiger partial charge >= 0.3 is 0 Å². The van der Waals surface area contributed by atoms with Crippen molar-refractivity contribution in [1.29, 1.82) is 0 Å². The summed E-state index contributed by atoms with van der Waals surface area (Å²) in [5.74, 6) is 0.995. The number of benzene rings is 2. The third-order valence-electron chi connectivity index (χ3n) is 5.65. The quantitative estimate of drug-likeness (QED) is 0.571. The van der Waals surface area contributed by atoms with Crippen molar-refractivity contribution in [1.82, 2.24) is 14.7 Å². The van der Waals surface area contributed by atoms with Gasteiger partial charge in [0.1, 0.15) is 5.75 Å². The number of Topliss-reactive ketones (excluding diaryl/α,β-unsaturated/α-hetero) is 1. The average molecular weight is 419 g/mol. The lowest BCUT2D eigenvalue weighted by Crippen LogP contribution is -2.40. The predicted octanol–water partition coefficient (Wildman–Crippen LogP) is 3.62. The highest BCUT2D eigenvalue weighted by Crippen LogP contribution is 2.26. The number of hydrogen-bond acceptors (Lipinski definition) is 5. The van der Waals surface area contributed by atoms with Crippen molar-refractivity contribution in [2.24, 2.45) is 5.92 Å². The summed E-state index contributed by atoms with van der Waals surface area (Å²) < 4.78 is 12.2. The number of hydrogen-bond donors (Lipinski definition) is 0. The number of carbonyl (C=O) groups is 2. The molecule has 0 saturated carbocycles. The van der Waals surface area contributed by atoms with E-state index in [0.29, 0.717) is 37.2 Å². The number of carbonyl (C=O) groups excluding carboxylic acids is 2. The Labute approximate surface area is 181 Å². The minimum absolute atomic E-state index is 0.0961. The molecule has 1 aliphatic rings. The van der Waals surface area contributed by atoms with Gasteiger partial charge in [0.15, 0.2) is 17.2 Å². The summed E-state index contributed by atoms with van der Waals surface area (Å²) in [6.07, 6.45) is 2.96. The molecule has 1 aromatic heterocycles. The van der Waals surface area contributed by atoms with E-state index in [1.807, 2.05) is 30.3 Å². The summed E-state index contributed by atoms with van der Waals surface area (Å²) in [6, 6.07) is 16.7. The van der Waals surface area contributed by atoms with E-state index in [1.165, 1.54) is 7.11 Å². The molecule has 0 atom stereocenters. The first-order valence-corrected chi connectivity index (χ1v) is 10.3. The molecule has 0 bridgehead atoms. The average Bonchev–Trinajstić information content (AvgIpc) is 3.28. The van der Waals surface area contributed by atoms with E-state index in [0.717, 1.165) is 11.4 Å². The molecule has 0 unspecified atom stereocenters. The Bertz CT molecular complexity index is 1050. The van der Waals surface area contributed by atoms with Gasteiger partial charge in [-0.1, -0.05) is 18.2 Å². The van der Waals surface area contributed by atoms with Crippen LogP contribution in [-0.2, 0) is 0 Å². The van der Waals surface area contributed by atoms with Crippen LogP contribution in [0.5, 0.6) is 11.5 Å². The van der Waals surface area contributed by atoms with Crippen LogP contribution in [0.4, 0.5) is 0 Å². The Balaban J connectivity index is 1.43. The Hall–Kier alpha value is -3.61. The molecule has 31 heavy (non-hydrogen) atoms. The molecule has 1 fully saturated rings. The van der Waals surface area contributed by atoms with Crippen molar-refractivity contribution in [3.63, 3.8) is 0 Å². The van der Waals surface area contributed by atoms with Crippen LogP contribution in [0.25, 0.3) is 5.69 Å². The molecule has 2 aromatic carbocycles. The van der Waals surface area contributed by atoms with Gasteiger partial charge in [0.05, 0.1) is 26.1 Å². The number of ether oxygens (including phenoxy) is 2. The van der Waals surface area contributed by atoms with Crippen LogP contribution >= 0.6 is 0 Å². The maximum absolute atomic E-state index is 13.1. The van der Waals surface area contributed by atoms with E-state index in [1.54, 1.807) is 47.2 Å². The summed E-state index contributed by atoms with van der Waals surface area (Å²) in [6.45, 7) is 1.01. The molecule has 3 aromatic rings. The van der Waals surface area contributed by atoms with Gasteiger partial charge in [-0.2, -0.15) is 5.10 Å². The molecule has 0 spiro atoms. The second-order valence-corrected chi connectivity index (χ2v) is 7.49. The zero-order chi connectivity index (χ0) is 21.8. The fraction of sp³-hybridized carbons (Fsp3) is 0.292. The highest BCUT2D eigenvalue weighted by molar-refractivity contribution is 5.98. The van der Waals surface area contributed by atoms with Gasteiger partial charge < -0.3 is 14.4 Å². The number of rotatable bonds is 6. The maximum atomic E-state index is 13.1. The molecule has 0 aliphatic carbocycles. The van der Waals surface area contributed by atoms with Crippen molar-refractivity contribution in [2.75, 3.05) is 27.3 Å². The van der Waals surface area contributed by atoms with Crippen LogP contribution in [-0.4, -0.2) is 53.7 Å². The lowest BCUT2D eigenvalue weighted by molar-refractivity contribution is 0.0642. The molecule has 1 aliphatic heterocycles. The lowest BCUT2D eigenvalue weighted by Gasteiger charge is -2.31. The van der Waals surface area contributed by atoms with Crippen molar-refractivity contribution in [3.05, 3.63) is 72.1 Å². The third kappa shape index (κ3) is 4.30. The summed E-state index contributed by atoms with van der Waals surface area (Å²) in [7, 11) is 3.13. The predicted molar refractivity (Wildman–Crippen MR) is 116 cm³/mol. The third-order valence-corrected chi connectivity index (χ3v) is 5.65. The minimum atomic E-state index is -0.179. The van der Waals surface area contributed by atoms with Gasteiger partial charge in [0.25, 0.3) is 5.91 Å². The van der Waals surface area contributed by atoms with E-state index in [9.17, 15) is 9.59 Å². The molecular formula is C24H25N3O4. The molecule has 1 amide bonds. The fourth-order valence-corrected chi connectivity index (χ4v) is 3.85. The largest absolute Gasteiger partial charge is 0.497 e. The first kappa shape index (κ1) is 20.7. The van der Waals surface area contributed by atoms with E-state index in [4.69, 9.17) is 9.47 Å². The SMILES string of the molecule is COc1ccc(C(=O)C2CCN(C(=O)c3nn(-c4ccccc4)cc3OC)CC2)cc1. The normalized spacial score (nSPS) is 14.3. The summed E-state index contributed by atoms with van der Waals surface area (Å²) >= 11 is 0. The highest BCUT2D eigenvalue weighted by Gasteiger charge is 2.31. The second-order valence-electron chi connectivity index (χ2n) is 7.49. The number of amides is 1. The fourth-order valence-electron chi connectivity index (χ4n) is 3.85. The van der Waals surface area contributed by atoms with Crippen molar-refractivity contribution in [3.8, 4) is 17.2 Å². The first-order chi connectivity index (χ1) is 15.1. The summed E-state index contributed by atoms with van der Waals surface area (Å²) in [5, 5.41) is 4.47. The molecule has 7 nitrogen and oxygen atoms in total. The van der Waals surface area contributed by atoms with E-state index in [-0.39, 0.29) is 23.3 Å². The first-order valence-electron chi connectivity index (χ1n) is 10.3. The van der Waals surface area contributed by atoms with Gasteiger partial charge in [0, 0.05) is 24.6 Å². The molecule has 4 rings (SSSR count). The number of nitrogens with zero attached hydrogens (tertiary/aromatic N) is 3. The number of ketones is 1. The Kier molecular flexibility index (Phi) is 6.02. The Morgan fingerprint density at radius 3 is 2.23 bits per heavy atom. The lowest BCUT2D eigenvalue weighted by atomic mass is 9.89. The Morgan fingerprint density at radius 1 is 0.935 bits per heavy atom. The Morgan fingerprint density at radius 2 is 1.61 bits per heavy atom. The zero-order valence-electron chi connectivity index (χ0n) is 17.7. The number of para-hydroxylation sites is 1. The van der Waals surface area contributed by atoms with Gasteiger partial charge in [-0.15, -0.1) is 0 Å². The van der Waals surface area contributed by atoms with Crippen molar-refractivity contribution < 1.29 is 19.1 Å². The molecule has 0 radical (unpaired) electrons. The molecule has 7 heteroatoms. The molecule has 2 heterocycles.